The number of fused-ring (bicyclic) bond motifs is 1. The maximum absolute atomic E-state index is 12.1. The Morgan fingerprint density at radius 3 is 2.12 bits per heavy atom. The predicted molar refractivity (Wildman–Crippen MR) is 84.3 cm³/mol. The number of benzene rings is 2. The number of rotatable bonds is 5. The standard InChI is InChI=1S/C18H15NO5/c1-12-6-8-13(9-7-12)23-11-10-16(20)24-19-17(21)14-4-2-3-5-15(14)18(19)22/h2-9H,10-11H2,1H3. The summed E-state index contributed by atoms with van der Waals surface area (Å²) in [7, 11) is 0. The van der Waals surface area contributed by atoms with E-state index in [9.17, 15) is 14.4 Å². The number of ether oxygens (including phenoxy) is 1. The summed E-state index contributed by atoms with van der Waals surface area (Å²) in [4.78, 5) is 40.9. The molecule has 6 heteroatoms. The number of amides is 2. The molecule has 0 N–H and O–H groups in total. The number of carbonyl (C=O) groups excluding carboxylic acids is 3. The minimum absolute atomic E-state index is 0.0821. The van der Waals surface area contributed by atoms with Crippen molar-refractivity contribution >= 4 is 17.8 Å². The fraction of sp³-hybridized carbons (Fsp3) is 0.167. The molecule has 3 rings (SSSR count). The summed E-state index contributed by atoms with van der Waals surface area (Å²) in [6.45, 7) is 2.05. The van der Waals surface area contributed by atoms with Gasteiger partial charge in [-0.1, -0.05) is 34.9 Å². The molecule has 1 aliphatic heterocycles. The van der Waals surface area contributed by atoms with Gasteiger partial charge in [0.25, 0.3) is 11.8 Å². The second-order valence-corrected chi connectivity index (χ2v) is 5.33. The summed E-state index contributed by atoms with van der Waals surface area (Å²) in [6.07, 6.45) is -0.0821. The fourth-order valence-corrected chi connectivity index (χ4v) is 2.28. The molecule has 0 spiro atoms. The number of hydrogen-bond acceptors (Lipinski definition) is 5. The highest BCUT2D eigenvalue weighted by Crippen LogP contribution is 2.22. The molecule has 0 saturated carbocycles. The first kappa shape index (κ1) is 15.7. The van der Waals surface area contributed by atoms with Crippen LogP contribution in [0.15, 0.2) is 48.5 Å². The monoisotopic (exact) mass is 325 g/mol. The third kappa shape index (κ3) is 3.12. The van der Waals surface area contributed by atoms with Crippen molar-refractivity contribution in [2.75, 3.05) is 6.61 Å². The molecule has 24 heavy (non-hydrogen) atoms. The molecule has 0 aromatic heterocycles. The highest BCUT2D eigenvalue weighted by atomic mass is 16.7. The van der Waals surface area contributed by atoms with Gasteiger partial charge in [-0.3, -0.25) is 9.59 Å². The summed E-state index contributed by atoms with van der Waals surface area (Å²) in [5, 5.41) is 0.499. The Balaban J connectivity index is 1.53. The van der Waals surface area contributed by atoms with Crippen LogP contribution in [-0.2, 0) is 9.63 Å². The minimum Gasteiger partial charge on any atom is -0.493 e. The van der Waals surface area contributed by atoms with Crippen LogP contribution in [0.3, 0.4) is 0 Å². The van der Waals surface area contributed by atoms with Crippen molar-refractivity contribution in [3.05, 3.63) is 65.2 Å². The lowest BCUT2D eigenvalue weighted by Gasteiger charge is -2.13. The Morgan fingerprint density at radius 2 is 1.54 bits per heavy atom. The van der Waals surface area contributed by atoms with Crippen LogP contribution >= 0.6 is 0 Å². The minimum atomic E-state index is -0.711. The zero-order valence-electron chi connectivity index (χ0n) is 13.0. The SMILES string of the molecule is Cc1ccc(OCCC(=O)ON2C(=O)c3ccccc3C2=O)cc1. The summed E-state index contributed by atoms with van der Waals surface area (Å²) >= 11 is 0. The second-order valence-electron chi connectivity index (χ2n) is 5.33. The molecule has 1 heterocycles. The van der Waals surface area contributed by atoms with E-state index in [1.807, 2.05) is 19.1 Å². The van der Waals surface area contributed by atoms with Gasteiger partial charge in [0, 0.05) is 0 Å². The molecule has 0 radical (unpaired) electrons. The second kappa shape index (κ2) is 6.54. The van der Waals surface area contributed by atoms with Gasteiger partial charge >= 0.3 is 5.97 Å². The van der Waals surface area contributed by atoms with Gasteiger partial charge in [-0.2, -0.15) is 0 Å². The number of imide groups is 1. The highest BCUT2D eigenvalue weighted by molar-refractivity contribution is 6.20. The first-order valence-corrected chi connectivity index (χ1v) is 7.44. The lowest BCUT2D eigenvalue weighted by molar-refractivity contribution is -0.169. The highest BCUT2D eigenvalue weighted by Gasteiger charge is 2.38. The van der Waals surface area contributed by atoms with Crippen LogP contribution in [0.5, 0.6) is 5.75 Å². The Labute approximate surface area is 138 Å². The largest absolute Gasteiger partial charge is 0.493 e. The lowest BCUT2D eigenvalue weighted by atomic mass is 10.1. The van der Waals surface area contributed by atoms with E-state index in [1.165, 1.54) is 12.1 Å². The first-order valence-electron chi connectivity index (χ1n) is 7.44. The number of nitrogens with zero attached hydrogens (tertiary/aromatic N) is 1. The third-order valence-corrected chi connectivity index (χ3v) is 3.55. The van der Waals surface area contributed by atoms with E-state index in [1.54, 1.807) is 24.3 Å². The van der Waals surface area contributed by atoms with Crippen molar-refractivity contribution in [2.24, 2.45) is 0 Å². The summed E-state index contributed by atoms with van der Waals surface area (Å²) in [6, 6.07) is 13.7. The van der Waals surface area contributed by atoms with Gasteiger partial charge in [0.1, 0.15) is 5.75 Å². The van der Waals surface area contributed by atoms with Crippen LogP contribution in [0.25, 0.3) is 0 Å². The van der Waals surface area contributed by atoms with Gasteiger partial charge in [0.2, 0.25) is 0 Å². The maximum Gasteiger partial charge on any atom is 0.336 e. The van der Waals surface area contributed by atoms with Gasteiger partial charge in [0.15, 0.2) is 0 Å². The lowest BCUT2D eigenvalue weighted by Crippen LogP contribution is -2.33. The van der Waals surface area contributed by atoms with Crippen molar-refractivity contribution in [1.82, 2.24) is 5.06 Å². The van der Waals surface area contributed by atoms with E-state index >= 15 is 0 Å². The van der Waals surface area contributed by atoms with E-state index in [0.717, 1.165) is 5.56 Å². The molecule has 122 valence electrons. The maximum atomic E-state index is 12.1. The normalized spacial score (nSPS) is 13.0. The molecule has 0 bridgehead atoms. The Bertz CT molecular complexity index is 762. The molecular weight excluding hydrogens is 310 g/mol. The molecular formula is C18H15NO5. The van der Waals surface area contributed by atoms with Crippen LogP contribution in [0.2, 0.25) is 0 Å². The van der Waals surface area contributed by atoms with E-state index in [2.05, 4.69) is 0 Å². The molecule has 2 amide bonds. The van der Waals surface area contributed by atoms with Crippen LogP contribution in [0.1, 0.15) is 32.7 Å². The van der Waals surface area contributed by atoms with E-state index < -0.39 is 17.8 Å². The van der Waals surface area contributed by atoms with Gasteiger partial charge in [0.05, 0.1) is 24.2 Å². The topological polar surface area (TPSA) is 72.9 Å². The molecule has 1 aliphatic rings. The summed E-state index contributed by atoms with van der Waals surface area (Å²) in [5.41, 5.74) is 1.56. The molecule has 6 nitrogen and oxygen atoms in total. The van der Waals surface area contributed by atoms with Crippen LogP contribution in [-0.4, -0.2) is 29.5 Å². The van der Waals surface area contributed by atoms with Crippen molar-refractivity contribution in [3.8, 4) is 5.75 Å². The quantitative estimate of drug-likeness (QED) is 0.790. The van der Waals surface area contributed by atoms with Gasteiger partial charge in [-0.25, -0.2) is 4.79 Å². The number of aryl methyl sites for hydroxylation is 1. The summed E-state index contributed by atoms with van der Waals surface area (Å²) < 4.78 is 5.42. The number of carbonyl (C=O) groups is 3. The van der Waals surface area contributed by atoms with Gasteiger partial charge in [-0.15, -0.1) is 0 Å². The Kier molecular flexibility index (Phi) is 4.29. The van der Waals surface area contributed by atoms with Crippen molar-refractivity contribution in [2.45, 2.75) is 13.3 Å². The zero-order valence-corrected chi connectivity index (χ0v) is 13.0. The van der Waals surface area contributed by atoms with E-state index in [-0.39, 0.29) is 24.2 Å². The molecule has 0 unspecified atom stereocenters. The van der Waals surface area contributed by atoms with Crippen molar-refractivity contribution < 1.29 is 24.0 Å². The molecule has 0 fully saturated rings. The number of hydroxylamine groups is 2. The predicted octanol–water partition coefficient (Wildman–Crippen LogP) is 2.52. The van der Waals surface area contributed by atoms with E-state index in [0.29, 0.717) is 10.8 Å². The molecule has 0 saturated heterocycles. The average molecular weight is 325 g/mol. The van der Waals surface area contributed by atoms with E-state index in [4.69, 9.17) is 9.57 Å². The molecule has 0 aliphatic carbocycles. The van der Waals surface area contributed by atoms with Crippen molar-refractivity contribution in [1.29, 1.82) is 0 Å². The van der Waals surface area contributed by atoms with Crippen LogP contribution < -0.4 is 4.74 Å². The molecule has 0 atom stereocenters. The Hall–Kier alpha value is -3.15. The average Bonchev–Trinajstić information content (AvgIpc) is 2.82. The van der Waals surface area contributed by atoms with Crippen LogP contribution in [0, 0.1) is 6.92 Å². The van der Waals surface area contributed by atoms with Gasteiger partial charge < -0.3 is 9.57 Å². The first-order chi connectivity index (χ1) is 11.6. The summed E-state index contributed by atoms with van der Waals surface area (Å²) in [5.74, 6) is -1.35. The smallest absolute Gasteiger partial charge is 0.336 e. The third-order valence-electron chi connectivity index (χ3n) is 3.55. The Morgan fingerprint density at radius 1 is 0.958 bits per heavy atom. The fourth-order valence-electron chi connectivity index (χ4n) is 2.28. The molecule has 2 aromatic carbocycles. The van der Waals surface area contributed by atoms with Crippen LogP contribution in [0.4, 0.5) is 0 Å². The zero-order chi connectivity index (χ0) is 17.1. The molecule has 2 aromatic rings. The van der Waals surface area contributed by atoms with Gasteiger partial charge in [-0.05, 0) is 31.2 Å². The number of hydrogen-bond donors (Lipinski definition) is 0. The van der Waals surface area contributed by atoms with Crippen molar-refractivity contribution in [3.63, 3.8) is 0 Å².